The number of amides is 1. The molecule has 0 spiro atoms. The molecule has 152 valence electrons. The average molecular weight is 448 g/mol. The van der Waals surface area contributed by atoms with E-state index >= 15 is 0 Å². The van der Waals surface area contributed by atoms with Gasteiger partial charge >= 0.3 is 6.09 Å². The predicted octanol–water partition coefficient (Wildman–Crippen LogP) is 3.99. The van der Waals surface area contributed by atoms with E-state index in [1.807, 2.05) is 6.92 Å². The fraction of sp³-hybridized carbons (Fsp3) is 0.294. The van der Waals surface area contributed by atoms with E-state index in [0.29, 0.717) is 28.2 Å². The molecule has 0 saturated carbocycles. The Bertz CT molecular complexity index is 973. The Kier molecular flexibility index (Phi) is 7.73. The number of halogens is 2. The molecule has 0 bridgehead atoms. The summed E-state index contributed by atoms with van der Waals surface area (Å²) < 4.78 is 31.9. The second kappa shape index (κ2) is 9.81. The van der Waals surface area contributed by atoms with Crippen molar-refractivity contribution in [2.75, 3.05) is 6.61 Å². The fourth-order valence-corrected chi connectivity index (χ4v) is 3.28. The third kappa shape index (κ3) is 6.74. The van der Waals surface area contributed by atoms with Crippen LogP contribution in [0.2, 0.25) is 10.0 Å². The zero-order valence-electron chi connectivity index (χ0n) is 14.9. The molecule has 1 aromatic heterocycles. The Hall–Kier alpha value is -2.23. The van der Waals surface area contributed by atoms with Crippen LogP contribution in [0.3, 0.4) is 0 Å². The van der Waals surface area contributed by atoms with Crippen LogP contribution in [0, 0.1) is 0 Å². The van der Waals surface area contributed by atoms with Crippen LogP contribution in [-0.4, -0.2) is 36.0 Å². The second-order valence-electron chi connectivity index (χ2n) is 5.76. The SMILES string of the molecule is CCCCOc1cc(/C=C/S(=O)(=O)NC(=O)O)n(Cc2ccc(Cl)cc2Cl)n1. The number of benzene rings is 1. The lowest BCUT2D eigenvalue weighted by Crippen LogP contribution is -2.26. The van der Waals surface area contributed by atoms with Crippen LogP contribution in [0.5, 0.6) is 5.88 Å². The number of ether oxygens (including phenoxy) is 1. The van der Waals surface area contributed by atoms with Crippen LogP contribution in [0.1, 0.15) is 31.0 Å². The molecule has 2 rings (SSSR count). The van der Waals surface area contributed by atoms with Crippen LogP contribution in [0.25, 0.3) is 6.08 Å². The van der Waals surface area contributed by atoms with Gasteiger partial charge < -0.3 is 9.84 Å². The zero-order valence-corrected chi connectivity index (χ0v) is 17.3. The number of carbonyl (C=O) groups is 1. The summed E-state index contributed by atoms with van der Waals surface area (Å²) in [7, 11) is -4.15. The smallest absolute Gasteiger partial charge is 0.418 e. The summed E-state index contributed by atoms with van der Waals surface area (Å²) in [6.07, 6.45) is 1.36. The van der Waals surface area contributed by atoms with Gasteiger partial charge in [-0.2, -0.15) is 0 Å². The van der Waals surface area contributed by atoms with E-state index in [0.717, 1.165) is 23.8 Å². The summed E-state index contributed by atoms with van der Waals surface area (Å²) in [6.45, 7) is 2.73. The van der Waals surface area contributed by atoms with Crippen LogP contribution < -0.4 is 9.46 Å². The van der Waals surface area contributed by atoms with Gasteiger partial charge in [0.25, 0.3) is 10.0 Å². The highest BCUT2D eigenvalue weighted by molar-refractivity contribution is 7.93. The molecule has 0 saturated heterocycles. The van der Waals surface area contributed by atoms with Crippen molar-refractivity contribution in [1.29, 1.82) is 0 Å². The maximum absolute atomic E-state index is 11.7. The van der Waals surface area contributed by atoms with Crippen LogP contribution >= 0.6 is 23.2 Å². The molecule has 8 nitrogen and oxygen atoms in total. The van der Waals surface area contributed by atoms with Gasteiger partial charge in [-0.05, 0) is 30.2 Å². The van der Waals surface area contributed by atoms with Crippen LogP contribution in [0.15, 0.2) is 29.7 Å². The average Bonchev–Trinajstić information content (AvgIpc) is 2.97. The van der Waals surface area contributed by atoms with Gasteiger partial charge in [-0.15, -0.1) is 5.10 Å². The van der Waals surface area contributed by atoms with Gasteiger partial charge in [-0.3, -0.25) is 4.68 Å². The summed E-state index contributed by atoms with van der Waals surface area (Å²) >= 11 is 12.1. The topological polar surface area (TPSA) is 111 Å². The molecule has 0 radical (unpaired) electrons. The number of nitrogens with zero attached hydrogens (tertiary/aromatic N) is 2. The monoisotopic (exact) mass is 447 g/mol. The first-order chi connectivity index (χ1) is 13.2. The Morgan fingerprint density at radius 2 is 2.11 bits per heavy atom. The summed E-state index contributed by atoms with van der Waals surface area (Å²) in [5, 5.41) is 14.6. The molecule has 1 amide bonds. The minimum Gasteiger partial charge on any atom is -0.477 e. The summed E-state index contributed by atoms with van der Waals surface area (Å²) in [6, 6.07) is 6.57. The number of hydrogen-bond acceptors (Lipinski definition) is 5. The first-order valence-corrected chi connectivity index (χ1v) is 10.6. The van der Waals surface area contributed by atoms with Gasteiger partial charge in [-0.1, -0.05) is 42.6 Å². The first kappa shape index (κ1) is 22.1. The number of rotatable bonds is 9. The third-order valence-corrected chi connectivity index (χ3v) is 5.06. The molecule has 28 heavy (non-hydrogen) atoms. The highest BCUT2D eigenvalue weighted by Crippen LogP contribution is 2.23. The first-order valence-electron chi connectivity index (χ1n) is 8.28. The number of sulfonamides is 1. The molecule has 1 heterocycles. The van der Waals surface area contributed by atoms with E-state index in [4.69, 9.17) is 33.0 Å². The van der Waals surface area contributed by atoms with Crippen molar-refractivity contribution >= 4 is 45.4 Å². The maximum atomic E-state index is 11.7. The molecule has 11 heteroatoms. The van der Waals surface area contributed by atoms with E-state index in [-0.39, 0.29) is 6.54 Å². The maximum Gasteiger partial charge on any atom is 0.418 e. The van der Waals surface area contributed by atoms with E-state index < -0.39 is 16.1 Å². The molecule has 0 fully saturated rings. The normalized spacial score (nSPS) is 11.7. The summed E-state index contributed by atoms with van der Waals surface area (Å²) in [5.74, 6) is 0.321. The molecule has 0 aliphatic rings. The number of nitrogens with one attached hydrogen (secondary N) is 1. The Balaban J connectivity index is 2.32. The van der Waals surface area contributed by atoms with Crippen molar-refractivity contribution in [2.45, 2.75) is 26.3 Å². The molecular formula is C17H19Cl2N3O5S. The Morgan fingerprint density at radius 1 is 1.36 bits per heavy atom. The lowest BCUT2D eigenvalue weighted by Gasteiger charge is -2.07. The molecule has 2 aromatic rings. The molecule has 1 aromatic carbocycles. The highest BCUT2D eigenvalue weighted by Gasteiger charge is 2.13. The Labute approximate surface area is 172 Å². The third-order valence-electron chi connectivity index (χ3n) is 3.52. The minimum absolute atomic E-state index is 0.235. The van der Waals surface area contributed by atoms with Gasteiger partial charge in [0.1, 0.15) is 0 Å². The lowest BCUT2D eigenvalue weighted by molar-refractivity contribution is 0.201. The number of aromatic nitrogens is 2. The largest absolute Gasteiger partial charge is 0.477 e. The molecule has 0 aliphatic heterocycles. The van der Waals surface area contributed by atoms with Gasteiger partial charge in [0.2, 0.25) is 5.88 Å². The second-order valence-corrected chi connectivity index (χ2v) is 8.17. The summed E-state index contributed by atoms with van der Waals surface area (Å²) in [5.41, 5.74) is 1.11. The van der Waals surface area contributed by atoms with Crippen molar-refractivity contribution in [3.05, 3.63) is 51.0 Å². The van der Waals surface area contributed by atoms with Gasteiger partial charge in [0.05, 0.1) is 24.3 Å². The van der Waals surface area contributed by atoms with E-state index in [9.17, 15) is 13.2 Å². The van der Waals surface area contributed by atoms with Crippen molar-refractivity contribution in [3.63, 3.8) is 0 Å². The van der Waals surface area contributed by atoms with Crippen molar-refractivity contribution in [3.8, 4) is 5.88 Å². The van der Waals surface area contributed by atoms with E-state index in [1.54, 1.807) is 24.3 Å². The molecule has 0 aliphatic carbocycles. The van der Waals surface area contributed by atoms with Gasteiger partial charge in [0, 0.05) is 16.1 Å². The minimum atomic E-state index is -4.15. The van der Waals surface area contributed by atoms with Crippen molar-refractivity contribution < 1.29 is 23.1 Å². The predicted molar refractivity (Wildman–Crippen MR) is 107 cm³/mol. The van der Waals surface area contributed by atoms with E-state index in [1.165, 1.54) is 15.5 Å². The molecule has 2 N–H and O–H groups in total. The van der Waals surface area contributed by atoms with Crippen molar-refractivity contribution in [1.82, 2.24) is 14.5 Å². The number of hydrogen-bond donors (Lipinski definition) is 2. The van der Waals surface area contributed by atoms with E-state index in [2.05, 4.69) is 5.10 Å². The standard InChI is InChI=1S/C17H19Cl2N3O5S/c1-2-3-7-27-16-10-14(6-8-28(25,26)21-17(23)24)22(20-16)11-12-4-5-13(18)9-15(12)19/h4-6,8-10,21H,2-3,7,11H2,1H3,(H,23,24)/b8-6+. The lowest BCUT2D eigenvalue weighted by atomic mass is 10.2. The quantitative estimate of drug-likeness (QED) is 0.562. The molecule has 0 atom stereocenters. The van der Waals surface area contributed by atoms with Gasteiger partial charge in [-0.25, -0.2) is 17.9 Å². The van der Waals surface area contributed by atoms with Crippen molar-refractivity contribution in [2.24, 2.45) is 0 Å². The molecular weight excluding hydrogens is 429 g/mol. The molecule has 0 unspecified atom stereocenters. The zero-order chi connectivity index (χ0) is 20.7. The fourth-order valence-electron chi connectivity index (χ4n) is 2.19. The summed E-state index contributed by atoms with van der Waals surface area (Å²) in [4.78, 5) is 10.6. The van der Waals surface area contributed by atoms with Crippen LogP contribution in [-0.2, 0) is 16.6 Å². The number of carboxylic acid groups (broad SMARTS) is 1. The van der Waals surface area contributed by atoms with Gasteiger partial charge in [0.15, 0.2) is 0 Å². The number of unbranched alkanes of at least 4 members (excludes halogenated alkanes) is 1. The highest BCUT2D eigenvalue weighted by atomic mass is 35.5. The Morgan fingerprint density at radius 3 is 2.75 bits per heavy atom. The van der Waals surface area contributed by atoms with Crippen LogP contribution in [0.4, 0.5) is 4.79 Å².